The summed E-state index contributed by atoms with van der Waals surface area (Å²) in [6, 6.07) is 9.08. The molecule has 0 aliphatic carbocycles. The molecule has 0 aliphatic rings. The normalized spacial score (nSPS) is 11.4. The zero-order valence-corrected chi connectivity index (χ0v) is 10.1. The Morgan fingerprint density at radius 1 is 1.25 bits per heavy atom. The maximum absolute atomic E-state index is 3.45. The lowest BCUT2D eigenvalue weighted by molar-refractivity contribution is 0.571. The maximum atomic E-state index is 3.45. The van der Waals surface area contributed by atoms with Crippen LogP contribution in [-0.4, -0.2) is 17.6 Å². The second-order valence-electron chi connectivity index (χ2n) is 4.57. The lowest BCUT2D eigenvalue weighted by Gasteiger charge is -2.06. The monoisotopic (exact) mass is 216 g/mol. The van der Waals surface area contributed by atoms with Gasteiger partial charge >= 0.3 is 0 Å². The van der Waals surface area contributed by atoms with Gasteiger partial charge in [0.15, 0.2) is 0 Å². The number of aromatic amines is 1. The van der Waals surface area contributed by atoms with Gasteiger partial charge in [0.1, 0.15) is 0 Å². The summed E-state index contributed by atoms with van der Waals surface area (Å²) in [5.74, 6) is 0. The summed E-state index contributed by atoms with van der Waals surface area (Å²) < 4.78 is 0. The van der Waals surface area contributed by atoms with Crippen LogP contribution in [0.1, 0.15) is 25.8 Å². The summed E-state index contributed by atoms with van der Waals surface area (Å²) in [6.07, 6.45) is 4.48. The van der Waals surface area contributed by atoms with Gasteiger partial charge in [0.2, 0.25) is 0 Å². The van der Waals surface area contributed by atoms with Gasteiger partial charge in [-0.1, -0.05) is 32.0 Å². The van der Waals surface area contributed by atoms with Gasteiger partial charge in [-0.3, -0.25) is 0 Å². The van der Waals surface area contributed by atoms with Crippen LogP contribution in [-0.2, 0) is 6.42 Å². The summed E-state index contributed by atoms with van der Waals surface area (Å²) in [5.41, 5.74) is 2.68. The Hall–Kier alpha value is -1.28. The van der Waals surface area contributed by atoms with E-state index in [0.717, 1.165) is 13.0 Å². The molecule has 0 bridgehead atoms. The second kappa shape index (κ2) is 5.17. The Morgan fingerprint density at radius 3 is 2.88 bits per heavy atom. The molecular formula is C14H20N2. The molecule has 0 radical (unpaired) electrons. The molecule has 0 unspecified atom stereocenters. The molecule has 0 fully saturated rings. The Bertz CT molecular complexity index is 443. The zero-order valence-electron chi connectivity index (χ0n) is 10.1. The van der Waals surface area contributed by atoms with Gasteiger partial charge in [-0.05, 0) is 31.0 Å². The van der Waals surface area contributed by atoms with Crippen LogP contribution in [0, 0.1) is 0 Å². The summed E-state index contributed by atoms with van der Waals surface area (Å²) in [5, 5.41) is 4.81. The molecule has 2 rings (SSSR count). The number of fused-ring (bicyclic) bond motifs is 1. The van der Waals surface area contributed by atoms with Crippen molar-refractivity contribution in [2.75, 3.05) is 6.54 Å². The highest BCUT2D eigenvalue weighted by Gasteiger charge is 2.02. The Morgan fingerprint density at radius 2 is 2.06 bits per heavy atom. The van der Waals surface area contributed by atoms with Gasteiger partial charge in [-0.2, -0.15) is 0 Å². The van der Waals surface area contributed by atoms with Crippen molar-refractivity contribution in [1.82, 2.24) is 10.3 Å². The van der Waals surface area contributed by atoms with Crippen molar-refractivity contribution in [2.24, 2.45) is 0 Å². The molecular weight excluding hydrogens is 196 g/mol. The smallest absolute Gasteiger partial charge is 0.0456 e. The van der Waals surface area contributed by atoms with E-state index in [1.807, 2.05) is 0 Å². The first-order valence-corrected chi connectivity index (χ1v) is 6.06. The summed E-state index contributed by atoms with van der Waals surface area (Å²) >= 11 is 0. The first-order valence-electron chi connectivity index (χ1n) is 6.06. The molecule has 0 spiro atoms. The quantitative estimate of drug-likeness (QED) is 0.738. The summed E-state index contributed by atoms with van der Waals surface area (Å²) in [4.78, 5) is 3.32. The van der Waals surface area contributed by atoms with Crippen LogP contribution in [0.4, 0.5) is 0 Å². The maximum Gasteiger partial charge on any atom is 0.0456 e. The fourth-order valence-electron chi connectivity index (χ4n) is 2.01. The highest BCUT2D eigenvalue weighted by atomic mass is 14.9. The van der Waals surface area contributed by atoms with Crippen LogP contribution in [0.3, 0.4) is 0 Å². The molecule has 16 heavy (non-hydrogen) atoms. The number of nitrogens with one attached hydrogen (secondary N) is 2. The van der Waals surface area contributed by atoms with Gasteiger partial charge in [-0.15, -0.1) is 0 Å². The van der Waals surface area contributed by atoms with Gasteiger partial charge in [0.05, 0.1) is 0 Å². The predicted octanol–water partition coefficient (Wildman–Crippen LogP) is 3.10. The molecule has 0 saturated heterocycles. The number of hydrogen-bond donors (Lipinski definition) is 2. The molecule has 1 heterocycles. The standard InChI is InChI=1S/C14H20N2/c1-11(2)15-9-5-6-12-10-16-14-8-4-3-7-13(12)14/h3-4,7-8,10-11,15-16H,5-6,9H2,1-2H3. The average molecular weight is 216 g/mol. The molecule has 1 aromatic heterocycles. The molecule has 86 valence electrons. The van der Waals surface area contributed by atoms with Crippen LogP contribution < -0.4 is 5.32 Å². The van der Waals surface area contributed by atoms with Crippen molar-refractivity contribution in [2.45, 2.75) is 32.7 Å². The van der Waals surface area contributed by atoms with Crippen molar-refractivity contribution in [3.05, 3.63) is 36.0 Å². The number of para-hydroxylation sites is 1. The molecule has 0 saturated carbocycles. The van der Waals surface area contributed by atoms with Crippen molar-refractivity contribution >= 4 is 10.9 Å². The SMILES string of the molecule is CC(C)NCCCc1c[nH]c2ccccc12. The van der Waals surface area contributed by atoms with Crippen LogP contribution in [0.25, 0.3) is 10.9 Å². The third-order valence-electron chi connectivity index (χ3n) is 2.85. The number of benzene rings is 1. The lowest BCUT2D eigenvalue weighted by atomic mass is 10.1. The van der Waals surface area contributed by atoms with E-state index in [4.69, 9.17) is 0 Å². The van der Waals surface area contributed by atoms with Gasteiger partial charge in [0, 0.05) is 23.1 Å². The molecule has 2 aromatic rings. The number of aryl methyl sites for hydroxylation is 1. The zero-order chi connectivity index (χ0) is 11.4. The average Bonchev–Trinajstić information content (AvgIpc) is 2.68. The van der Waals surface area contributed by atoms with E-state index in [1.54, 1.807) is 0 Å². The topological polar surface area (TPSA) is 27.8 Å². The fourth-order valence-corrected chi connectivity index (χ4v) is 2.01. The number of hydrogen-bond acceptors (Lipinski definition) is 1. The largest absolute Gasteiger partial charge is 0.361 e. The van der Waals surface area contributed by atoms with Crippen LogP contribution in [0.5, 0.6) is 0 Å². The molecule has 2 nitrogen and oxygen atoms in total. The van der Waals surface area contributed by atoms with Crippen molar-refractivity contribution in [1.29, 1.82) is 0 Å². The minimum absolute atomic E-state index is 0.586. The van der Waals surface area contributed by atoms with Crippen molar-refractivity contribution < 1.29 is 0 Å². The molecule has 2 heteroatoms. The molecule has 0 aliphatic heterocycles. The molecule has 1 aromatic carbocycles. The van der Waals surface area contributed by atoms with Gasteiger partial charge in [0.25, 0.3) is 0 Å². The fraction of sp³-hybridized carbons (Fsp3) is 0.429. The minimum atomic E-state index is 0.586. The highest BCUT2D eigenvalue weighted by Crippen LogP contribution is 2.18. The van der Waals surface area contributed by atoms with Gasteiger partial charge < -0.3 is 10.3 Å². The first kappa shape index (κ1) is 11.2. The second-order valence-corrected chi connectivity index (χ2v) is 4.57. The van der Waals surface area contributed by atoms with E-state index in [-0.39, 0.29) is 0 Å². The van der Waals surface area contributed by atoms with E-state index in [1.165, 1.54) is 22.9 Å². The predicted molar refractivity (Wildman–Crippen MR) is 69.8 cm³/mol. The number of aromatic nitrogens is 1. The molecule has 0 amide bonds. The number of H-pyrrole nitrogens is 1. The Balaban J connectivity index is 1.94. The van der Waals surface area contributed by atoms with Crippen molar-refractivity contribution in [3.8, 4) is 0 Å². The van der Waals surface area contributed by atoms with E-state index < -0.39 is 0 Å². The van der Waals surface area contributed by atoms with Gasteiger partial charge in [-0.25, -0.2) is 0 Å². The summed E-state index contributed by atoms with van der Waals surface area (Å²) in [6.45, 7) is 5.47. The Kier molecular flexibility index (Phi) is 3.62. The van der Waals surface area contributed by atoms with E-state index >= 15 is 0 Å². The minimum Gasteiger partial charge on any atom is -0.361 e. The van der Waals surface area contributed by atoms with E-state index in [2.05, 4.69) is 54.6 Å². The number of rotatable bonds is 5. The van der Waals surface area contributed by atoms with Crippen LogP contribution in [0.15, 0.2) is 30.5 Å². The lowest BCUT2D eigenvalue weighted by Crippen LogP contribution is -2.23. The van der Waals surface area contributed by atoms with Crippen LogP contribution in [0.2, 0.25) is 0 Å². The van der Waals surface area contributed by atoms with E-state index in [9.17, 15) is 0 Å². The molecule has 0 atom stereocenters. The highest BCUT2D eigenvalue weighted by molar-refractivity contribution is 5.82. The molecule has 2 N–H and O–H groups in total. The first-order chi connectivity index (χ1) is 7.77. The van der Waals surface area contributed by atoms with E-state index in [0.29, 0.717) is 6.04 Å². The summed E-state index contributed by atoms with van der Waals surface area (Å²) in [7, 11) is 0. The van der Waals surface area contributed by atoms with Crippen LogP contribution >= 0.6 is 0 Å². The third kappa shape index (κ3) is 2.64. The van der Waals surface area contributed by atoms with Crippen molar-refractivity contribution in [3.63, 3.8) is 0 Å². The third-order valence-corrected chi connectivity index (χ3v) is 2.85. The Labute approximate surface area is 97.1 Å².